The molecule has 1 fully saturated rings. The molecule has 3 heterocycles. The molecular weight excluding hydrogens is 512 g/mol. The first-order valence-corrected chi connectivity index (χ1v) is 13.7. The molecule has 1 unspecified atom stereocenters. The molecule has 9 nitrogen and oxygen atoms in total. The number of amides is 3. The van der Waals surface area contributed by atoms with Crippen molar-refractivity contribution in [2.75, 3.05) is 18.4 Å². The number of carbonyl (C=O) groups is 2. The molecule has 3 amide bonds. The number of thiazole rings is 1. The van der Waals surface area contributed by atoms with Crippen molar-refractivity contribution in [3.63, 3.8) is 0 Å². The molecule has 1 N–H and O–H groups in total. The summed E-state index contributed by atoms with van der Waals surface area (Å²) in [6, 6.07) is 12.7. The van der Waals surface area contributed by atoms with Crippen molar-refractivity contribution in [1.82, 2.24) is 19.8 Å². The zero-order valence-electron chi connectivity index (χ0n) is 23.4. The van der Waals surface area contributed by atoms with Gasteiger partial charge in [0.25, 0.3) is 0 Å². The van der Waals surface area contributed by atoms with Crippen molar-refractivity contribution in [1.29, 1.82) is 5.26 Å². The van der Waals surface area contributed by atoms with Gasteiger partial charge >= 0.3 is 12.1 Å². The minimum Gasteiger partial charge on any atom is -0.444 e. The zero-order chi connectivity index (χ0) is 28.5. The summed E-state index contributed by atoms with van der Waals surface area (Å²) >= 11 is 1.38. The third-order valence-electron chi connectivity index (χ3n) is 6.32. The molecule has 0 spiro atoms. The summed E-state index contributed by atoms with van der Waals surface area (Å²) < 4.78 is 5.56. The molecule has 2 atom stereocenters. The number of piperazine rings is 1. The molecule has 10 heteroatoms. The van der Waals surface area contributed by atoms with E-state index in [0.29, 0.717) is 29.5 Å². The summed E-state index contributed by atoms with van der Waals surface area (Å²) in [4.78, 5) is 39.7. The topological polar surface area (TPSA) is 111 Å². The van der Waals surface area contributed by atoms with E-state index in [1.807, 2.05) is 72.7 Å². The Morgan fingerprint density at radius 3 is 2.31 bits per heavy atom. The lowest BCUT2D eigenvalue weighted by molar-refractivity contribution is -0.00241. The Balaban J connectivity index is 1.60. The Hall–Kier alpha value is -3.97. The maximum atomic E-state index is 13.4. The van der Waals surface area contributed by atoms with Gasteiger partial charge in [-0.15, -0.1) is 0 Å². The van der Waals surface area contributed by atoms with E-state index in [-0.39, 0.29) is 24.2 Å². The van der Waals surface area contributed by atoms with Crippen LogP contribution < -0.4 is 5.32 Å². The summed E-state index contributed by atoms with van der Waals surface area (Å²) in [6.45, 7) is 14.0. The summed E-state index contributed by atoms with van der Waals surface area (Å²) in [6.07, 6.45) is -0.376. The Morgan fingerprint density at radius 2 is 1.67 bits per heavy atom. The number of aromatic nitrogens is 2. The van der Waals surface area contributed by atoms with Gasteiger partial charge < -0.3 is 14.5 Å². The summed E-state index contributed by atoms with van der Waals surface area (Å²) in [5.41, 5.74) is 4.13. The summed E-state index contributed by atoms with van der Waals surface area (Å²) in [5.74, 6) is 0. The fourth-order valence-corrected chi connectivity index (χ4v) is 5.58. The largest absolute Gasteiger partial charge is 0.444 e. The highest BCUT2D eigenvalue weighted by atomic mass is 32.1. The number of benzene rings is 1. The highest BCUT2D eigenvalue weighted by Gasteiger charge is 2.36. The fraction of sp³-hybridized carbons (Fsp3) is 0.414. The van der Waals surface area contributed by atoms with E-state index >= 15 is 0 Å². The van der Waals surface area contributed by atoms with Crippen LogP contribution in [0.3, 0.4) is 0 Å². The fourth-order valence-electron chi connectivity index (χ4n) is 4.61. The molecule has 3 aromatic rings. The van der Waals surface area contributed by atoms with E-state index in [2.05, 4.69) is 16.4 Å². The number of hydrogen-bond acceptors (Lipinski definition) is 7. The maximum absolute atomic E-state index is 13.4. The predicted molar refractivity (Wildman–Crippen MR) is 153 cm³/mol. The van der Waals surface area contributed by atoms with Crippen LogP contribution in [0.2, 0.25) is 0 Å². The van der Waals surface area contributed by atoms with Gasteiger partial charge in [0.05, 0.1) is 22.2 Å². The number of carbonyl (C=O) groups excluding carboxylic acids is 2. The second-order valence-corrected chi connectivity index (χ2v) is 11.9. The number of urea groups is 1. The van der Waals surface area contributed by atoms with Gasteiger partial charge in [-0.25, -0.2) is 14.6 Å². The van der Waals surface area contributed by atoms with Crippen molar-refractivity contribution < 1.29 is 14.3 Å². The highest BCUT2D eigenvalue weighted by Crippen LogP contribution is 2.40. The van der Waals surface area contributed by atoms with E-state index in [1.54, 1.807) is 21.9 Å². The van der Waals surface area contributed by atoms with Crippen LogP contribution in [0.25, 0.3) is 21.7 Å². The molecule has 1 aliphatic rings. The molecule has 0 saturated carbocycles. The first-order valence-electron chi connectivity index (χ1n) is 12.9. The van der Waals surface area contributed by atoms with E-state index in [9.17, 15) is 14.9 Å². The quantitative estimate of drug-likeness (QED) is 0.417. The van der Waals surface area contributed by atoms with Gasteiger partial charge in [-0.05, 0) is 78.3 Å². The maximum Gasteiger partial charge on any atom is 0.410 e. The predicted octanol–water partition coefficient (Wildman–Crippen LogP) is 6.22. The number of aryl methyl sites for hydroxylation is 2. The Morgan fingerprint density at radius 1 is 1.03 bits per heavy atom. The van der Waals surface area contributed by atoms with Gasteiger partial charge in [-0.1, -0.05) is 23.5 Å². The lowest BCUT2D eigenvalue weighted by Gasteiger charge is -2.43. The average molecular weight is 547 g/mol. The molecule has 39 heavy (non-hydrogen) atoms. The zero-order valence-corrected chi connectivity index (χ0v) is 24.2. The SMILES string of the molecule is Cc1cc(-c2sc(NC(=O)N3C[C@H](C)N(C(=O)OC(C)(C)C)CC3C)nc2-c2cccc(C#N)c2)cc(C)n1. The summed E-state index contributed by atoms with van der Waals surface area (Å²) in [7, 11) is 0. The molecule has 2 aromatic heterocycles. The van der Waals surface area contributed by atoms with Crippen LogP contribution in [0.5, 0.6) is 0 Å². The monoisotopic (exact) mass is 546 g/mol. The summed E-state index contributed by atoms with van der Waals surface area (Å²) in [5, 5.41) is 12.9. The van der Waals surface area contributed by atoms with Gasteiger partial charge in [0.15, 0.2) is 5.13 Å². The van der Waals surface area contributed by atoms with Crippen LogP contribution in [0.15, 0.2) is 36.4 Å². The van der Waals surface area contributed by atoms with Gasteiger partial charge in [-0.3, -0.25) is 10.3 Å². The van der Waals surface area contributed by atoms with E-state index in [1.165, 1.54) is 11.3 Å². The number of hydrogen-bond donors (Lipinski definition) is 1. The van der Waals surface area contributed by atoms with Crippen LogP contribution in [0, 0.1) is 25.2 Å². The van der Waals surface area contributed by atoms with Gasteiger partial charge in [-0.2, -0.15) is 5.26 Å². The number of ether oxygens (including phenoxy) is 1. The van der Waals surface area contributed by atoms with E-state index in [0.717, 1.165) is 27.4 Å². The van der Waals surface area contributed by atoms with Crippen LogP contribution in [-0.4, -0.2) is 62.7 Å². The molecule has 0 aliphatic carbocycles. The van der Waals surface area contributed by atoms with Crippen LogP contribution >= 0.6 is 11.3 Å². The van der Waals surface area contributed by atoms with Gasteiger partial charge in [0.2, 0.25) is 0 Å². The minimum absolute atomic E-state index is 0.208. The van der Waals surface area contributed by atoms with Crippen LogP contribution in [-0.2, 0) is 4.74 Å². The lowest BCUT2D eigenvalue weighted by Crippen LogP contribution is -2.60. The van der Waals surface area contributed by atoms with Crippen molar-refractivity contribution in [3.8, 4) is 27.8 Å². The number of rotatable bonds is 3. The van der Waals surface area contributed by atoms with Gasteiger partial charge in [0, 0.05) is 42.1 Å². The molecule has 1 saturated heterocycles. The van der Waals surface area contributed by atoms with Crippen molar-refractivity contribution >= 4 is 28.6 Å². The Labute approximate surface area is 233 Å². The third-order valence-corrected chi connectivity index (χ3v) is 7.34. The number of pyridine rings is 1. The van der Waals surface area contributed by atoms with E-state index in [4.69, 9.17) is 9.72 Å². The normalized spacial score (nSPS) is 17.5. The molecule has 0 radical (unpaired) electrons. The number of nitrogens with zero attached hydrogens (tertiary/aromatic N) is 5. The molecule has 4 rings (SSSR count). The van der Waals surface area contributed by atoms with Crippen molar-refractivity contribution in [2.24, 2.45) is 0 Å². The average Bonchev–Trinajstić information content (AvgIpc) is 3.27. The van der Waals surface area contributed by atoms with E-state index < -0.39 is 5.60 Å². The first-order chi connectivity index (χ1) is 18.3. The number of nitrogens with one attached hydrogen (secondary N) is 1. The second kappa shape index (κ2) is 11.0. The van der Waals surface area contributed by atoms with Crippen molar-refractivity contribution in [3.05, 3.63) is 53.3 Å². The first kappa shape index (κ1) is 28.0. The molecule has 204 valence electrons. The lowest BCUT2D eigenvalue weighted by atomic mass is 10.0. The Kier molecular flexibility index (Phi) is 7.93. The number of nitriles is 1. The molecule has 0 bridgehead atoms. The second-order valence-electron chi connectivity index (χ2n) is 10.9. The van der Waals surface area contributed by atoms with Crippen LogP contribution in [0.4, 0.5) is 14.7 Å². The van der Waals surface area contributed by atoms with Gasteiger partial charge in [0.1, 0.15) is 5.60 Å². The molecule has 1 aromatic carbocycles. The van der Waals surface area contributed by atoms with Crippen LogP contribution in [0.1, 0.15) is 51.6 Å². The molecule has 1 aliphatic heterocycles. The van der Waals surface area contributed by atoms with Crippen molar-refractivity contribution in [2.45, 2.75) is 66.2 Å². The third kappa shape index (κ3) is 6.55. The molecular formula is C29H34N6O3S. The Bertz CT molecular complexity index is 1420. The minimum atomic E-state index is -0.590. The highest BCUT2D eigenvalue weighted by molar-refractivity contribution is 7.19. The standard InChI is InChI=1S/C29H34N6O3S/c1-17-11-23(12-18(2)31-17)25-24(22-10-8-9-21(13-22)14-30)32-26(39-25)33-27(36)34-15-20(4)35(16-19(34)3)28(37)38-29(5,6)7/h8-13,19-20H,15-16H2,1-7H3,(H,32,33,36)/t19?,20-/m0/s1. The number of anilines is 1. The smallest absolute Gasteiger partial charge is 0.410 e.